The Hall–Kier alpha value is -3.14. The lowest BCUT2D eigenvalue weighted by atomic mass is 10.2. The number of methoxy groups -OCH3 is 2. The zero-order chi connectivity index (χ0) is 29.1. The Morgan fingerprint density at radius 1 is 0.730 bits per heavy atom. The summed E-state index contributed by atoms with van der Waals surface area (Å²) in [7, 11) is 2.87. The van der Waals surface area contributed by atoms with Crippen LogP contribution in [0.3, 0.4) is 0 Å². The predicted octanol–water partition coefficient (Wildman–Crippen LogP) is 5.64. The van der Waals surface area contributed by atoms with Crippen LogP contribution >= 0.6 is 0 Å². The lowest BCUT2D eigenvalue weighted by Gasteiger charge is -2.09. The van der Waals surface area contributed by atoms with Crippen molar-refractivity contribution in [3.63, 3.8) is 0 Å². The molecule has 2 rings (SSSR count). The van der Waals surface area contributed by atoms with Crippen LogP contribution in [-0.2, 0) is 9.47 Å². The predicted molar refractivity (Wildman–Crippen MR) is 146 cm³/mol. The maximum absolute atomic E-state index is 10.2. The molecule has 0 aliphatic heterocycles. The van der Waals surface area contributed by atoms with Crippen LogP contribution in [0, 0.1) is 0 Å². The zero-order valence-corrected chi connectivity index (χ0v) is 23.5. The van der Waals surface area contributed by atoms with Gasteiger partial charge in [0.1, 0.15) is 12.6 Å². The van der Waals surface area contributed by atoms with Crippen molar-refractivity contribution in [1.82, 2.24) is 0 Å². The summed E-state index contributed by atoms with van der Waals surface area (Å²) in [4.78, 5) is 20.5. The second kappa shape index (κ2) is 27.4. The van der Waals surface area contributed by atoms with Crippen LogP contribution < -0.4 is 9.47 Å². The second-order valence-electron chi connectivity index (χ2n) is 6.89. The minimum atomic E-state index is -0.0370. The molecular weight excluding hydrogens is 480 g/mol. The molecule has 0 aliphatic carbocycles. The van der Waals surface area contributed by atoms with Crippen LogP contribution in [0.1, 0.15) is 75.1 Å². The van der Waals surface area contributed by atoms with Crippen molar-refractivity contribution in [2.75, 3.05) is 34.0 Å². The van der Waals surface area contributed by atoms with Gasteiger partial charge in [-0.3, -0.25) is 9.59 Å². The molecule has 9 heteroatoms. The molecule has 0 radical (unpaired) electrons. The van der Waals surface area contributed by atoms with Gasteiger partial charge in [0.05, 0.1) is 14.2 Å². The summed E-state index contributed by atoms with van der Waals surface area (Å²) >= 11 is 0. The molecular formula is C28H46O9. The van der Waals surface area contributed by atoms with Gasteiger partial charge in [-0.25, -0.2) is 0 Å². The van der Waals surface area contributed by atoms with Gasteiger partial charge >= 0.3 is 0 Å². The number of carbonyl (C=O) groups excluding carboxylic acids is 2. The number of ether oxygens (including phenoxy) is 4. The second-order valence-corrected chi connectivity index (χ2v) is 6.89. The van der Waals surface area contributed by atoms with E-state index in [0.29, 0.717) is 35.2 Å². The highest BCUT2D eigenvalue weighted by Gasteiger charge is 2.01. The molecule has 0 aromatic heterocycles. The highest BCUT2D eigenvalue weighted by Crippen LogP contribution is 2.26. The summed E-state index contributed by atoms with van der Waals surface area (Å²) in [5.41, 5.74) is 0.972. The molecule has 0 fully saturated rings. The summed E-state index contributed by atoms with van der Waals surface area (Å²) in [6, 6.07) is 8.82. The summed E-state index contributed by atoms with van der Waals surface area (Å²) < 4.78 is 19.7. The first-order valence-electron chi connectivity index (χ1n) is 12.2. The van der Waals surface area contributed by atoms with Crippen molar-refractivity contribution in [3.8, 4) is 23.0 Å². The fourth-order valence-corrected chi connectivity index (χ4v) is 2.05. The van der Waals surface area contributed by atoms with Gasteiger partial charge in [0.2, 0.25) is 0 Å². The Kier molecular flexibility index (Phi) is 28.5. The van der Waals surface area contributed by atoms with Crippen molar-refractivity contribution in [2.24, 2.45) is 0 Å². The Balaban J connectivity index is -0.000000421. The van der Waals surface area contributed by atoms with Gasteiger partial charge in [-0.2, -0.15) is 0 Å². The highest BCUT2D eigenvalue weighted by molar-refractivity contribution is 5.76. The van der Waals surface area contributed by atoms with E-state index in [1.807, 2.05) is 20.8 Å². The number of rotatable bonds is 9. The third-order valence-electron chi connectivity index (χ3n) is 3.98. The Morgan fingerprint density at radius 3 is 1.27 bits per heavy atom. The summed E-state index contributed by atoms with van der Waals surface area (Å²) in [5.74, 6) is 0.709. The fraction of sp³-hybridized carbons (Fsp3) is 0.500. The SMILES string of the molecule is CCCC.CCO.CCOC(C)OCC.COc1cc(C=O)ccc1O.COc1cc(C=O)ccc1O. The van der Waals surface area contributed by atoms with Gasteiger partial charge < -0.3 is 34.3 Å². The van der Waals surface area contributed by atoms with Crippen LogP contribution in [0.25, 0.3) is 0 Å². The first-order valence-corrected chi connectivity index (χ1v) is 12.2. The average molecular weight is 527 g/mol. The minimum absolute atomic E-state index is 0.0370. The third kappa shape index (κ3) is 21.8. The minimum Gasteiger partial charge on any atom is -0.504 e. The number of phenolic OH excluding ortho intramolecular Hbond substituents is 2. The largest absolute Gasteiger partial charge is 0.504 e. The Morgan fingerprint density at radius 2 is 1.05 bits per heavy atom. The molecule has 0 unspecified atom stereocenters. The number of aldehydes is 2. The van der Waals surface area contributed by atoms with Crippen LogP contribution in [-0.4, -0.2) is 68.2 Å². The number of phenols is 2. The van der Waals surface area contributed by atoms with Gasteiger partial charge in [0.25, 0.3) is 0 Å². The molecule has 0 saturated carbocycles. The van der Waals surface area contributed by atoms with E-state index in [9.17, 15) is 9.59 Å². The van der Waals surface area contributed by atoms with Gasteiger partial charge in [-0.15, -0.1) is 0 Å². The summed E-state index contributed by atoms with van der Waals surface area (Å²) in [5, 5.41) is 25.7. The lowest BCUT2D eigenvalue weighted by Crippen LogP contribution is -2.11. The topological polar surface area (TPSA) is 132 Å². The molecule has 0 aliphatic rings. The molecule has 2 aromatic carbocycles. The average Bonchev–Trinajstić information content (AvgIpc) is 2.91. The molecule has 9 nitrogen and oxygen atoms in total. The number of aromatic hydroxyl groups is 2. The van der Waals surface area contributed by atoms with Crippen LogP contribution in [0.2, 0.25) is 0 Å². The van der Waals surface area contributed by atoms with Crippen LogP contribution in [0.15, 0.2) is 36.4 Å². The van der Waals surface area contributed by atoms with E-state index < -0.39 is 0 Å². The first kappa shape index (κ1) is 38.4. The number of carbonyl (C=O) groups is 2. The van der Waals surface area contributed by atoms with E-state index in [0.717, 1.165) is 13.2 Å². The van der Waals surface area contributed by atoms with E-state index in [-0.39, 0.29) is 24.4 Å². The maximum Gasteiger partial charge on any atom is 0.161 e. The van der Waals surface area contributed by atoms with Gasteiger partial charge in [0.15, 0.2) is 29.3 Å². The number of benzene rings is 2. The maximum atomic E-state index is 10.2. The molecule has 0 spiro atoms. The van der Waals surface area contributed by atoms with Crippen molar-refractivity contribution < 1.29 is 43.9 Å². The Labute approximate surface area is 222 Å². The van der Waals surface area contributed by atoms with Gasteiger partial charge in [0, 0.05) is 30.9 Å². The fourth-order valence-electron chi connectivity index (χ4n) is 2.05. The molecule has 0 saturated heterocycles. The van der Waals surface area contributed by atoms with E-state index in [1.54, 1.807) is 6.92 Å². The van der Waals surface area contributed by atoms with Gasteiger partial charge in [-0.1, -0.05) is 26.7 Å². The van der Waals surface area contributed by atoms with Crippen molar-refractivity contribution in [1.29, 1.82) is 0 Å². The van der Waals surface area contributed by atoms with Crippen molar-refractivity contribution >= 4 is 12.6 Å². The first-order chi connectivity index (χ1) is 17.7. The highest BCUT2D eigenvalue weighted by atomic mass is 16.7. The molecule has 2 aromatic rings. The molecule has 0 atom stereocenters. The Bertz CT molecular complexity index is 745. The van der Waals surface area contributed by atoms with E-state index in [4.69, 9.17) is 34.3 Å². The van der Waals surface area contributed by atoms with Crippen LogP contribution in [0.5, 0.6) is 23.0 Å². The molecule has 37 heavy (non-hydrogen) atoms. The van der Waals surface area contributed by atoms with E-state index >= 15 is 0 Å². The molecule has 0 bridgehead atoms. The zero-order valence-electron chi connectivity index (χ0n) is 23.5. The summed E-state index contributed by atoms with van der Waals surface area (Å²) in [6.07, 6.45) is 3.99. The number of aliphatic hydroxyl groups is 1. The third-order valence-corrected chi connectivity index (χ3v) is 3.98. The van der Waals surface area contributed by atoms with E-state index in [1.165, 1.54) is 63.5 Å². The van der Waals surface area contributed by atoms with Gasteiger partial charge in [-0.05, 0) is 64.1 Å². The number of unbranched alkanes of at least 4 members (excludes halogenated alkanes) is 1. The number of aliphatic hydroxyl groups excluding tert-OH is 1. The quantitative estimate of drug-likeness (QED) is 0.281. The van der Waals surface area contributed by atoms with Crippen LogP contribution in [0.4, 0.5) is 0 Å². The lowest BCUT2D eigenvalue weighted by molar-refractivity contribution is -0.123. The molecule has 0 amide bonds. The normalized spacial score (nSPS) is 9.03. The standard InChI is InChI=1S/2C8H8O3.C6H14O2.C4H10.C2H6O/c2*1-11-8-4-6(5-9)2-3-7(8)10;1-4-7-6(3)8-5-2;1-3-4-2;1-2-3/h2*2-5,10H,1H3;6H,4-5H2,1-3H3;3-4H2,1-2H3;3H,2H2,1H3. The molecule has 3 N–H and O–H groups in total. The van der Waals surface area contributed by atoms with Crippen molar-refractivity contribution in [2.45, 2.75) is 60.7 Å². The van der Waals surface area contributed by atoms with Crippen molar-refractivity contribution in [3.05, 3.63) is 47.5 Å². The number of hydrogen-bond acceptors (Lipinski definition) is 9. The molecule has 0 heterocycles. The smallest absolute Gasteiger partial charge is 0.161 e. The summed E-state index contributed by atoms with van der Waals surface area (Å²) in [6.45, 7) is 13.5. The van der Waals surface area contributed by atoms with E-state index in [2.05, 4.69) is 13.8 Å². The monoisotopic (exact) mass is 526 g/mol. The number of hydrogen-bond donors (Lipinski definition) is 3. The molecule has 212 valence electrons.